The van der Waals surface area contributed by atoms with Gasteiger partial charge in [0, 0.05) is 39.1 Å². The number of alkyl halides is 4. The number of piperazine rings is 1. The zero-order chi connectivity index (χ0) is 49.9. The molecule has 2 bridgehead atoms. The van der Waals surface area contributed by atoms with Crippen molar-refractivity contribution in [3.05, 3.63) is 87.7 Å². The summed E-state index contributed by atoms with van der Waals surface area (Å²) in [6, 6.07) is 14.9. The van der Waals surface area contributed by atoms with Crippen molar-refractivity contribution in [3.8, 4) is 34.5 Å². The molecule has 5 aromatic rings. The third-order valence-corrected chi connectivity index (χ3v) is 14.2. The van der Waals surface area contributed by atoms with Crippen LogP contribution < -0.4 is 28.7 Å². The second-order valence-electron chi connectivity index (χ2n) is 19.7. The number of amides is 1. The smallest absolute Gasteiger partial charge is 0.418 e. The summed E-state index contributed by atoms with van der Waals surface area (Å²) in [5.74, 6) is 0.111. The molecule has 374 valence electrons. The third kappa shape index (κ3) is 9.52. The molecule has 0 aliphatic carbocycles. The number of hydrogen-bond donors (Lipinski definition) is 0. The van der Waals surface area contributed by atoms with Crippen molar-refractivity contribution < 1.29 is 50.4 Å². The van der Waals surface area contributed by atoms with Crippen LogP contribution in [0, 0.1) is 12.7 Å². The number of fused-ring (bicyclic) bond motifs is 4. The molecule has 9 rings (SSSR count). The summed E-state index contributed by atoms with van der Waals surface area (Å²) < 4.78 is 109. The molecule has 19 heteroatoms. The number of halogens is 6. The minimum atomic E-state index is -5.03. The lowest BCUT2D eigenvalue weighted by molar-refractivity contribution is -0.137. The van der Waals surface area contributed by atoms with Gasteiger partial charge in [0.1, 0.15) is 47.0 Å². The topological polar surface area (TPSA) is 115 Å². The van der Waals surface area contributed by atoms with Gasteiger partial charge < -0.3 is 33.5 Å². The van der Waals surface area contributed by atoms with Gasteiger partial charge in [-0.1, -0.05) is 35.9 Å². The fraction of sp³-hybridized carbons (Fsp3) is 0.490. The molecule has 2 unspecified atom stereocenters. The number of carbonyl (C=O) groups is 1. The number of methoxy groups -OCH3 is 3. The van der Waals surface area contributed by atoms with Crippen LogP contribution in [0.15, 0.2) is 54.6 Å². The summed E-state index contributed by atoms with van der Waals surface area (Å²) in [6.07, 6.45) is -3.49. The van der Waals surface area contributed by atoms with Crippen molar-refractivity contribution >= 4 is 40.2 Å². The first-order chi connectivity index (χ1) is 33.3. The number of ether oxygens (including phenoxy) is 5. The largest absolute Gasteiger partial charge is 0.497 e. The Hall–Kier alpha value is -5.88. The highest BCUT2D eigenvalue weighted by Crippen LogP contribution is 2.51. The molecule has 13 nitrogen and oxygen atoms in total. The van der Waals surface area contributed by atoms with Crippen LogP contribution in [0.5, 0.6) is 23.3 Å². The van der Waals surface area contributed by atoms with Crippen molar-refractivity contribution in [2.45, 2.75) is 108 Å². The number of hydrogen-bond acceptors (Lipinski definition) is 12. The van der Waals surface area contributed by atoms with Gasteiger partial charge in [-0.25, -0.2) is 18.6 Å². The van der Waals surface area contributed by atoms with Crippen LogP contribution in [0.25, 0.3) is 22.2 Å². The van der Waals surface area contributed by atoms with E-state index in [1.54, 1.807) is 69.1 Å². The minimum Gasteiger partial charge on any atom is -0.497 e. The fourth-order valence-corrected chi connectivity index (χ4v) is 11.1. The highest BCUT2D eigenvalue weighted by Gasteiger charge is 2.50. The van der Waals surface area contributed by atoms with Crippen molar-refractivity contribution in [3.63, 3.8) is 0 Å². The zero-order valence-electron chi connectivity index (χ0n) is 40.3. The molecule has 4 saturated heterocycles. The van der Waals surface area contributed by atoms with Crippen LogP contribution in [-0.2, 0) is 24.0 Å². The average Bonchev–Trinajstić information content (AvgIpc) is 3.93. The summed E-state index contributed by atoms with van der Waals surface area (Å²) in [4.78, 5) is 35.1. The Balaban J connectivity index is 1.21. The zero-order valence-corrected chi connectivity index (χ0v) is 41.0. The highest BCUT2D eigenvalue weighted by molar-refractivity contribution is 6.36. The van der Waals surface area contributed by atoms with Crippen LogP contribution >= 0.6 is 11.6 Å². The molecule has 3 aromatic carbocycles. The molecular formula is C51H57ClF5N7O6. The predicted octanol–water partition coefficient (Wildman–Crippen LogP) is 10.6. The lowest BCUT2D eigenvalue weighted by Crippen LogP contribution is -2.57. The van der Waals surface area contributed by atoms with E-state index >= 15 is 17.6 Å². The molecule has 4 fully saturated rings. The number of carbonyl (C=O) groups excluding carboxylic acids is 1. The summed E-state index contributed by atoms with van der Waals surface area (Å²) >= 11 is 7.19. The molecule has 0 saturated carbocycles. The number of pyridine rings is 1. The second-order valence-corrected chi connectivity index (χ2v) is 20.1. The molecule has 0 N–H and O–H groups in total. The Morgan fingerprint density at radius 2 is 1.50 bits per heavy atom. The van der Waals surface area contributed by atoms with E-state index in [1.165, 1.54) is 20.1 Å². The van der Waals surface area contributed by atoms with Crippen LogP contribution in [-0.4, -0.2) is 114 Å². The molecule has 0 radical (unpaired) electrons. The van der Waals surface area contributed by atoms with E-state index in [-0.39, 0.29) is 92.2 Å². The first kappa shape index (κ1) is 49.1. The van der Waals surface area contributed by atoms with Gasteiger partial charge in [0.25, 0.3) is 0 Å². The van der Waals surface area contributed by atoms with Crippen LogP contribution in [0.3, 0.4) is 0 Å². The molecule has 70 heavy (non-hydrogen) atoms. The van der Waals surface area contributed by atoms with E-state index in [4.69, 9.17) is 40.3 Å². The van der Waals surface area contributed by atoms with Crippen molar-refractivity contribution in [2.75, 3.05) is 63.9 Å². The Bertz CT molecular complexity index is 2700. The molecule has 2 aromatic heterocycles. The Labute approximate surface area is 408 Å². The van der Waals surface area contributed by atoms with Crippen LogP contribution in [0.2, 0.25) is 5.02 Å². The van der Waals surface area contributed by atoms with Gasteiger partial charge in [-0.2, -0.15) is 23.1 Å². The number of aryl methyl sites for hydroxylation is 1. The number of nitrogens with zero attached hydrogens (tertiary/aromatic N) is 7. The molecular weight excluding hydrogens is 937 g/mol. The molecule has 1 amide bonds. The van der Waals surface area contributed by atoms with Crippen molar-refractivity contribution in [1.82, 2.24) is 24.8 Å². The molecule has 0 spiro atoms. The lowest BCUT2D eigenvalue weighted by Gasteiger charge is -2.42. The summed E-state index contributed by atoms with van der Waals surface area (Å²) in [6.45, 7) is 8.50. The monoisotopic (exact) mass is 993 g/mol. The first-order valence-corrected chi connectivity index (χ1v) is 23.8. The van der Waals surface area contributed by atoms with E-state index in [9.17, 15) is 9.18 Å². The van der Waals surface area contributed by atoms with Gasteiger partial charge >= 0.3 is 18.3 Å². The maximum absolute atomic E-state index is 18.1. The van der Waals surface area contributed by atoms with E-state index in [0.29, 0.717) is 37.3 Å². The quantitative estimate of drug-likeness (QED) is 0.105. The molecule has 4 atom stereocenters. The Kier molecular flexibility index (Phi) is 13.4. The SMILES string of the molecule is COc1ccc(CN(Cc2ccc(OC)cc2)c2cc(C)c(C(F)(F)F)c(-c3c(Cl)c(OC)c4c(N5CC6CCC(C5)N6C(=O)OC(C)(C)C)nc(OC[C@@]56CCCN5C[C@H](F)C6)nc4c3F)n2)cc1. The van der Waals surface area contributed by atoms with E-state index < -0.39 is 62.8 Å². The average molecular weight is 995 g/mol. The van der Waals surface area contributed by atoms with Gasteiger partial charge in [0.05, 0.1) is 66.2 Å². The van der Waals surface area contributed by atoms with Gasteiger partial charge in [-0.15, -0.1) is 0 Å². The predicted molar refractivity (Wildman–Crippen MR) is 256 cm³/mol. The van der Waals surface area contributed by atoms with Gasteiger partial charge in [0.2, 0.25) is 0 Å². The minimum absolute atomic E-state index is 0.00126. The maximum Gasteiger partial charge on any atom is 0.418 e. The van der Waals surface area contributed by atoms with Gasteiger partial charge in [-0.3, -0.25) is 9.80 Å². The van der Waals surface area contributed by atoms with Crippen LogP contribution in [0.1, 0.15) is 75.1 Å². The molecule has 4 aliphatic heterocycles. The number of rotatable bonds is 13. The summed E-state index contributed by atoms with van der Waals surface area (Å²) in [7, 11) is 4.38. The van der Waals surface area contributed by atoms with Gasteiger partial charge in [-0.05, 0) is 107 Å². The summed E-state index contributed by atoms with van der Waals surface area (Å²) in [5, 5.41) is -0.480. The van der Waals surface area contributed by atoms with Gasteiger partial charge in [0.15, 0.2) is 11.6 Å². The standard InChI is InChI=1S/C51H57ClF5N7O6/c1-29-21-37(61(23-30-9-15-35(66-5)16-10-30)24-31-11-17-36(67-6)18-12-31)58-43(40(29)51(55,56)57)38-41(52)45(68-7)39-44(42(38)54)59-47(69-28-50-19-8-20-63(50)25-32(53)22-50)60-46(39)62-26-33-13-14-34(27-62)64(33)48(65)70-49(2,3)4/h9-12,15-18,21,32-34H,8,13-14,19-20,22-28H2,1-7H3/t32-,33?,34?,50+/m1/s1. The maximum atomic E-state index is 18.1. The summed E-state index contributed by atoms with van der Waals surface area (Å²) in [5.41, 5.74) is -3.08. The van der Waals surface area contributed by atoms with Crippen molar-refractivity contribution in [2.24, 2.45) is 0 Å². The number of anilines is 2. The normalized spacial score (nSPS) is 21.3. The first-order valence-electron chi connectivity index (χ1n) is 23.4. The molecule has 6 heterocycles. The number of benzene rings is 3. The lowest BCUT2D eigenvalue weighted by atomic mass is 9.95. The van der Waals surface area contributed by atoms with E-state index in [2.05, 4.69) is 14.9 Å². The Morgan fingerprint density at radius 3 is 2.06 bits per heavy atom. The Morgan fingerprint density at radius 1 is 0.886 bits per heavy atom. The highest BCUT2D eigenvalue weighted by atomic mass is 35.5. The van der Waals surface area contributed by atoms with E-state index in [0.717, 1.165) is 17.5 Å². The second kappa shape index (κ2) is 19.0. The van der Waals surface area contributed by atoms with Crippen molar-refractivity contribution in [1.29, 1.82) is 0 Å². The van der Waals surface area contributed by atoms with E-state index in [1.807, 2.05) is 29.2 Å². The fourth-order valence-electron chi connectivity index (χ4n) is 10.7. The number of aromatic nitrogens is 3. The molecule has 4 aliphatic rings. The van der Waals surface area contributed by atoms with Crippen LogP contribution in [0.4, 0.5) is 38.4 Å². The third-order valence-electron chi connectivity index (χ3n) is 13.9.